The fraction of sp³-hybridized carbons (Fsp3) is 0.667. The molecular formula is C12H17NS. The van der Waals surface area contributed by atoms with Crippen LogP contribution in [0.3, 0.4) is 0 Å². The molecule has 2 heterocycles. The van der Waals surface area contributed by atoms with Crippen molar-refractivity contribution in [2.45, 2.75) is 38.6 Å². The van der Waals surface area contributed by atoms with Crippen LogP contribution in [0.2, 0.25) is 0 Å². The lowest BCUT2D eigenvalue weighted by Crippen LogP contribution is -2.21. The molecule has 2 unspecified atom stereocenters. The molecule has 0 amide bonds. The van der Waals surface area contributed by atoms with Crippen LogP contribution >= 0.6 is 11.3 Å². The molecule has 0 saturated carbocycles. The van der Waals surface area contributed by atoms with E-state index in [0.717, 1.165) is 5.92 Å². The van der Waals surface area contributed by atoms with Crippen LogP contribution < -0.4 is 5.32 Å². The molecule has 3 rings (SSSR count). The van der Waals surface area contributed by atoms with Crippen molar-refractivity contribution in [2.24, 2.45) is 5.92 Å². The summed E-state index contributed by atoms with van der Waals surface area (Å²) in [4.78, 5) is 3.24. The van der Waals surface area contributed by atoms with Crippen molar-refractivity contribution in [1.29, 1.82) is 0 Å². The molecule has 1 N–H and O–H groups in total. The van der Waals surface area contributed by atoms with Gasteiger partial charge in [-0.1, -0.05) is 6.92 Å². The predicted octanol–water partition coefficient (Wildman–Crippen LogP) is 2.91. The molecule has 2 aliphatic rings. The summed E-state index contributed by atoms with van der Waals surface area (Å²) in [5.74, 6) is 0.936. The van der Waals surface area contributed by atoms with E-state index in [-0.39, 0.29) is 0 Å². The fourth-order valence-corrected chi connectivity index (χ4v) is 4.17. The minimum Gasteiger partial charge on any atom is -0.309 e. The summed E-state index contributed by atoms with van der Waals surface area (Å²) < 4.78 is 0. The van der Waals surface area contributed by atoms with Gasteiger partial charge in [-0.05, 0) is 49.8 Å². The van der Waals surface area contributed by atoms with Gasteiger partial charge < -0.3 is 5.32 Å². The Balaban J connectivity index is 2.00. The lowest BCUT2D eigenvalue weighted by Gasteiger charge is -2.24. The molecule has 14 heavy (non-hydrogen) atoms. The molecule has 1 aliphatic heterocycles. The van der Waals surface area contributed by atoms with Gasteiger partial charge in [0.05, 0.1) is 0 Å². The van der Waals surface area contributed by atoms with Gasteiger partial charge in [0.25, 0.3) is 0 Å². The zero-order valence-corrected chi connectivity index (χ0v) is 9.49. The standard InChI is InChI=1S/C12H17NS/c1-2-10-7-9-4-3-8-5-6-13-11(8)12(9)14-10/h7-8,11,13H,2-6H2,1H3. The SMILES string of the molecule is CCc1cc2c(s1)C1NCCC1CC2. The molecule has 1 aromatic rings. The van der Waals surface area contributed by atoms with Crippen molar-refractivity contribution in [3.05, 3.63) is 21.4 Å². The minimum absolute atomic E-state index is 0.712. The number of nitrogens with one attached hydrogen (secondary N) is 1. The van der Waals surface area contributed by atoms with E-state index in [1.807, 2.05) is 11.3 Å². The quantitative estimate of drug-likeness (QED) is 0.746. The Morgan fingerprint density at radius 2 is 2.43 bits per heavy atom. The molecule has 0 aromatic carbocycles. The van der Waals surface area contributed by atoms with E-state index in [1.165, 1.54) is 32.2 Å². The third-order valence-electron chi connectivity index (χ3n) is 3.66. The van der Waals surface area contributed by atoms with E-state index < -0.39 is 0 Å². The molecule has 1 aromatic heterocycles. The van der Waals surface area contributed by atoms with Gasteiger partial charge in [-0.2, -0.15) is 0 Å². The van der Waals surface area contributed by atoms with Gasteiger partial charge in [-0.3, -0.25) is 0 Å². The first-order valence-corrected chi connectivity index (χ1v) is 6.55. The van der Waals surface area contributed by atoms with Gasteiger partial charge in [-0.25, -0.2) is 0 Å². The first kappa shape index (κ1) is 8.93. The Kier molecular flexibility index (Phi) is 2.14. The molecule has 1 aliphatic carbocycles. The Bertz CT molecular complexity index is 342. The van der Waals surface area contributed by atoms with Crippen molar-refractivity contribution in [3.8, 4) is 0 Å². The average Bonchev–Trinajstić information content (AvgIpc) is 2.82. The highest BCUT2D eigenvalue weighted by Gasteiger charge is 2.34. The second-order valence-corrected chi connectivity index (χ2v) is 5.64. The van der Waals surface area contributed by atoms with E-state index in [0.29, 0.717) is 6.04 Å². The third kappa shape index (κ3) is 1.24. The summed E-state index contributed by atoms with van der Waals surface area (Å²) in [6, 6.07) is 3.15. The van der Waals surface area contributed by atoms with Gasteiger partial charge in [0.2, 0.25) is 0 Å². The molecule has 76 valence electrons. The molecule has 2 atom stereocenters. The third-order valence-corrected chi connectivity index (χ3v) is 5.06. The molecule has 0 radical (unpaired) electrons. The molecule has 0 spiro atoms. The van der Waals surface area contributed by atoms with Crippen LogP contribution in [-0.2, 0) is 12.8 Å². The van der Waals surface area contributed by atoms with Crippen LogP contribution in [-0.4, -0.2) is 6.54 Å². The highest BCUT2D eigenvalue weighted by atomic mass is 32.1. The molecule has 1 fully saturated rings. The Hall–Kier alpha value is -0.340. The lowest BCUT2D eigenvalue weighted by atomic mass is 9.85. The lowest BCUT2D eigenvalue weighted by molar-refractivity contribution is 0.412. The number of thiophene rings is 1. The van der Waals surface area contributed by atoms with Gasteiger partial charge >= 0.3 is 0 Å². The summed E-state index contributed by atoms with van der Waals surface area (Å²) >= 11 is 2.05. The molecular weight excluding hydrogens is 190 g/mol. The summed E-state index contributed by atoms with van der Waals surface area (Å²) in [7, 11) is 0. The smallest absolute Gasteiger partial charge is 0.0446 e. The molecule has 0 bridgehead atoms. The van der Waals surface area contributed by atoms with Crippen LogP contribution in [0, 0.1) is 5.92 Å². The number of rotatable bonds is 1. The monoisotopic (exact) mass is 207 g/mol. The van der Waals surface area contributed by atoms with E-state index in [9.17, 15) is 0 Å². The normalized spacial score (nSPS) is 30.1. The Morgan fingerprint density at radius 1 is 1.50 bits per heavy atom. The predicted molar refractivity (Wildman–Crippen MR) is 60.9 cm³/mol. The summed E-state index contributed by atoms with van der Waals surface area (Å²) in [6.45, 7) is 3.49. The van der Waals surface area contributed by atoms with E-state index in [1.54, 1.807) is 15.3 Å². The molecule has 2 heteroatoms. The first-order valence-electron chi connectivity index (χ1n) is 5.73. The fourth-order valence-electron chi connectivity index (χ4n) is 2.85. The second kappa shape index (κ2) is 3.35. The topological polar surface area (TPSA) is 12.0 Å². The minimum atomic E-state index is 0.712. The van der Waals surface area contributed by atoms with Gasteiger partial charge in [0, 0.05) is 15.8 Å². The van der Waals surface area contributed by atoms with Crippen molar-refractivity contribution in [3.63, 3.8) is 0 Å². The van der Waals surface area contributed by atoms with Gasteiger partial charge in [0.1, 0.15) is 0 Å². The first-order chi connectivity index (χ1) is 6.88. The highest BCUT2D eigenvalue weighted by Crippen LogP contribution is 2.43. The van der Waals surface area contributed by atoms with E-state index in [2.05, 4.69) is 18.3 Å². The zero-order chi connectivity index (χ0) is 9.54. The summed E-state index contributed by atoms with van der Waals surface area (Å²) in [6.07, 6.45) is 5.33. The number of aryl methyl sites for hydroxylation is 2. The van der Waals surface area contributed by atoms with E-state index >= 15 is 0 Å². The second-order valence-electron chi connectivity index (χ2n) is 4.47. The van der Waals surface area contributed by atoms with Crippen molar-refractivity contribution < 1.29 is 0 Å². The molecule has 1 saturated heterocycles. The van der Waals surface area contributed by atoms with Crippen molar-refractivity contribution in [1.82, 2.24) is 5.32 Å². The average molecular weight is 207 g/mol. The van der Waals surface area contributed by atoms with Crippen LogP contribution in [0.1, 0.15) is 41.1 Å². The maximum Gasteiger partial charge on any atom is 0.0446 e. The maximum atomic E-state index is 3.66. The number of hydrogen-bond donors (Lipinski definition) is 1. The Morgan fingerprint density at radius 3 is 3.29 bits per heavy atom. The van der Waals surface area contributed by atoms with Crippen LogP contribution in [0.25, 0.3) is 0 Å². The summed E-state index contributed by atoms with van der Waals surface area (Å²) in [5, 5.41) is 3.66. The van der Waals surface area contributed by atoms with Crippen molar-refractivity contribution in [2.75, 3.05) is 6.54 Å². The number of hydrogen-bond acceptors (Lipinski definition) is 2. The van der Waals surface area contributed by atoms with Crippen molar-refractivity contribution >= 4 is 11.3 Å². The zero-order valence-electron chi connectivity index (χ0n) is 8.68. The Labute approximate surface area is 89.5 Å². The largest absolute Gasteiger partial charge is 0.309 e. The van der Waals surface area contributed by atoms with Crippen LogP contribution in [0.4, 0.5) is 0 Å². The maximum absolute atomic E-state index is 3.66. The van der Waals surface area contributed by atoms with Gasteiger partial charge in [0.15, 0.2) is 0 Å². The van der Waals surface area contributed by atoms with Crippen LogP contribution in [0.5, 0.6) is 0 Å². The summed E-state index contributed by atoms with van der Waals surface area (Å²) in [5.41, 5.74) is 1.64. The number of fused-ring (bicyclic) bond motifs is 3. The molecule has 1 nitrogen and oxygen atoms in total. The van der Waals surface area contributed by atoms with Gasteiger partial charge in [-0.15, -0.1) is 11.3 Å². The highest BCUT2D eigenvalue weighted by molar-refractivity contribution is 7.12. The van der Waals surface area contributed by atoms with E-state index in [4.69, 9.17) is 0 Å². The van der Waals surface area contributed by atoms with Crippen LogP contribution in [0.15, 0.2) is 6.07 Å².